The summed E-state index contributed by atoms with van der Waals surface area (Å²) in [5.74, 6) is -0.677. The van der Waals surface area contributed by atoms with Crippen LogP contribution >= 0.6 is 0 Å². The van der Waals surface area contributed by atoms with E-state index in [4.69, 9.17) is 9.46 Å². The molecule has 1 N–H and O–H groups in total. The van der Waals surface area contributed by atoms with Crippen LogP contribution in [-0.2, 0) is 14.3 Å². The van der Waals surface area contributed by atoms with E-state index in [1.54, 1.807) is 0 Å². The Labute approximate surface area is 93.7 Å². The fourth-order valence-electron chi connectivity index (χ4n) is 0.550. The molecule has 1 atom stereocenters. The molecule has 0 aromatic carbocycles. The van der Waals surface area contributed by atoms with Gasteiger partial charge in [-0.2, -0.15) is 0 Å². The molecule has 15 heavy (non-hydrogen) atoms. The monoisotopic (exact) mass is 250 g/mol. The Morgan fingerprint density at radius 2 is 1.53 bits per heavy atom. The van der Waals surface area contributed by atoms with Crippen LogP contribution in [0.5, 0.6) is 0 Å². The Morgan fingerprint density at radius 1 is 1.13 bits per heavy atom. The molecule has 0 rings (SSSR count). The Kier molecular flexibility index (Phi) is 4.31. The van der Waals surface area contributed by atoms with Crippen LogP contribution in [0.4, 0.5) is 0 Å². The number of rotatable bonds is 4. The maximum Gasteiger partial charge on any atom is 0.368 e. The number of hydrogen-bond donors (Lipinski definition) is 1. The summed E-state index contributed by atoms with van der Waals surface area (Å²) in [6.45, 7) is 12.9. The van der Waals surface area contributed by atoms with Gasteiger partial charge in [0.05, 0.1) is 8.07 Å². The largest absolute Gasteiger partial charge is 0.382 e. The lowest BCUT2D eigenvalue weighted by atomic mass is 10.4. The quantitative estimate of drug-likeness (QED) is 0.470. The van der Waals surface area contributed by atoms with Crippen LogP contribution in [-0.4, -0.2) is 32.7 Å². The molecular formula is C9H22O4Si2. The van der Waals surface area contributed by atoms with Crippen LogP contribution < -0.4 is 0 Å². The summed E-state index contributed by atoms with van der Waals surface area (Å²) in [4.78, 5) is 16.3. The fraction of sp³-hybridized carbons (Fsp3) is 0.889. The van der Waals surface area contributed by atoms with Crippen LogP contribution in [0, 0.1) is 0 Å². The van der Waals surface area contributed by atoms with Gasteiger partial charge in [-0.3, -0.25) is 0 Å². The molecule has 0 aromatic rings. The summed E-state index contributed by atoms with van der Waals surface area (Å²) in [6, 6.07) is 0. The predicted octanol–water partition coefficient (Wildman–Crippen LogP) is 1.92. The lowest BCUT2D eigenvalue weighted by Gasteiger charge is -2.32. The van der Waals surface area contributed by atoms with Crippen molar-refractivity contribution in [3.05, 3.63) is 0 Å². The molecule has 0 saturated carbocycles. The van der Waals surface area contributed by atoms with E-state index in [0.29, 0.717) is 0 Å². The van der Waals surface area contributed by atoms with Crippen molar-refractivity contribution in [3.63, 3.8) is 0 Å². The zero-order chi connectivity index (χ0) is 12.5. The number of aliphatic hydroxyl groups is 1. The first-order valence-corrected chi connectivity index (χ1v) is 11.9. The van der Waals surface area contributed by atoms with Gasteiger partial charge in [-0.15, -0.1) is 0 Å². The smallest absolute Gasteiger partial charge is 0.368 e. The van der Waals surface area contributed by atoms with Gasteiger partial charge in [0, 0.05) is 0 Å². The van der Waals surface area contributed by atoms with Crippen molar-refractivity contribution >= 4 is 22.4 Å². The zero-order valence-corrected chi connectivity index (χ0v) is 12.7. The number of carbonyl (C=O) groups is 1. The Bertz CT molecular complexity index is 237. The van der Waals surface area contributed by atoms with Crippen LogP contribution in [0.1, 0.15) is 6.92 Å². The van der Waals surface area contributed by atoms with Gasteiger partial charge in [-0.05, 0) is 26.6 Å². The minimum atomic E-state index is -2.03. The second-order valence-corrected chi connectivity index (χ2v) is 15.8. The van der Waals surface area contributed by atoms with Gasteiger partial charge in [-0.25, -0.2) is 9.37 Å². The molecule has 90 valence electrons. The van der Waals surface area contributed by atoms with E-state index in [1.807, 2.05) is 39.3 Å². The third-order valence-electron chi connectivity index (χ3n) is 2.23. The molecule has 0 fully saturated rings. The summed E-state index contributed by atoms with van der Waals surface area (Å²) in [7, 11) is -3.92. The van der Waals surface area contributed by atoms with Crippen LogP contribution in [0.3, 0.4) is 0 Å². The van der Waals surface area contributed by atoms with Crippen molar-refractivity contribution in [1.29, 1.82) is 0 Å². The maximum atomic E-state index is 11.6. The van der Waals surface area contributed by atoms with Crippen LogP contribution in [0.15, 0.2) is 0 Å². The number of carbonyl (C=O) groups excluding carboxylic acids is 1. The van der Waals surface area contributed by atoms with Gasteiger partial charge in [0.2, 0.25) is 8.32 Å². The lowest BCUT2D eigenvalue weighted by molar-refractivity contribution is -0.231. The molecule has 0 aliphatic rings. The average Bonchev–Trinajstić information content (AvgIpc) is 1.96. The highest BCUT2D eigenvalue weighted by Gasteiger charge is 2.46. The lowest BCUT2D eigenvalue weighted by Crippen LogP contribution is -2.56. The van der Waals surface area contributed by atoms with E-state index in [0.717, 1.165) is 0 Å². The second kappa shape index (κ2) is 4.36. The van der Waals surface area contributed by atoms with Gasteiger partial charge in [0.1, 0.15) is 5.22 Å². The molecule has 0 amide bonds. The van der Waals surface area contributed by atoms with Crippen molar-refractivity contribution in [1.82, 2.24) is 0 Å². The van der Waals surface area contributed by atoms with Gasteiger partial charge in [0.15, 0.2) is 0 Å². The van der Waals surface area contributed by atoms with Crippen molar-refractivity contribution in [2.75, 3.05) is 0 Å². The van der Waals surface area contributed by atoms with Gasteiger partial charge in [0.25, 0.3) is 0 Å². The number of hydrogen-bond acceptors (Lipinski definition) is 4. The van der Waals surface area contributed by atoms with Crippen molar-refractivity contribution in [2.45, 2.75) is 51.4 Å². The van der Waals surface area contributed by atoms with E-state index in [9.17, 15) is 9.90 Å². The first-order chi connectivity index (χ1) is 6.38. The standard InChI is InChI=1S/C9H22O4Si2/c1-9(11,14(2,3)4)8(10)12-13-15(5,6)7/h11H,1-7H3. The minimum absolute atomic E-state index is 0.677. The van der Waals surface area contributed by atoms with Gasteiger partial charge in [-0.1, -0.05) is 19.6 Å². The summed E-state index contributed by atoms with van der Waals surface area (Å²) in [5.41, 5.74) is 0. The molecule has 6 heteroatoms. The average molecular weight is 250 g/mol. The molecule has 0 radical (unpaired) electrons. The molecule has 0 aromatic heterocycles. The van der Waals surface area contributed by atoms with E-state index in [1.165, 1.54) is 6.92 Å². The molecular weight excluding hydrogens is 228 g/mol. The first kappa shape index (κ1) is 14.8. The molecule has 0 aliphatic heterocycles. The molecule has 1 unspecified atom stereocenters. The second-order valence-electron chi connectivity index (χ2n) is 5.89. The Hall–Kier alpha value is -0.176. The Balaban J connectivity index is 4.47. The highest BCUT2D eigenvalue weighted by atomic mass is 28.4. The summed E-state index contributed by atoms with van der Waals surface area (Å²) >= 11 is 0. The summed E-state index contributed by atoms with van der Waals surface area (Å²) in [5, 5.41) is 8.63. The molecule has 0 aliphatic carbocycles. The summed E-state index contributed by atoms with van der Waals surface area (Å²) < 4.78 is 5.02. The van der Waals surface area contributed by atoms with Gasteiger partial charge >= 0.3 is 5.97 Å². The van der Waals surface area contributed by atoms with E-state index in [-0.39, 0.29) is 0 Å². The van der Waals surface area contributed by atoms with Crippen molar-refractivity contribution in [2.24, 2.45) is 0 Å². The topological polar surface area (TPSA) is 55.8 Å². The van der Waals surface area contributed by atoms with E-state index >= 15 is 0 Å². The van der Waals surface area contributed by atoms with Crippen molar-refractivity contribution in [3.8, 4) is 0 Å². The van der Waals surface area contributed by atoms with E-state index < -0.39 is 27.6 Å². The predicted molar refractivity (Wildman–Crippen MR) is 64.5 cm³/mol. The van der Waals surface area contributed by atoms with Gasteiger partial charge < -0.3 is 9.99 Å². The maximum absolute atomic E-state index is 11.6. The molecule has 0 bridgehead atoms. The SMILES string of the molecule is CC(O)(C(=O)OO[Si](C)(C)C)[Si](C)(C)C. The van der Waals surface area contributed by atoms with Crippen LogP contribution in [0.25, 0.3) is 0 Å². The summed E-state index contributed by atoms with van der Waals surface area (Å²) in [6.07, 6.45) is 0. The third kappa shape index (κ3) is 4.46. The molecule has 0 spiro atoms. The van der Waals surface area contributed by atoms with Crippen molar-refractivity contribution < 1.29 is 19.4 Å². The first-order valence-electron chi connectivity index (χ1n) is 5.00. The zero-order valence-electron chi connectivity index (χ0n) is 10.7. The third-order valence-corrected chi connectivity index (χ3v) is 5.93. The molecule has 4 nitrogen and oxygen atoms in total. The van der Waals surface area contributed by atoms with Crippen LogP contribution in [0.2, 0.25) is 39.3 Å². The highest BCUT2D eigenvalue weighted by molar-refractivity contribution is 6.81. The fourth-order valence-corrected chi connectivity index (χ4v) is 1.53. The molecule has 0 heterocycles. The minimum Gasteiger partial charge on any atom is -0.382 e. The van der Waals surface area contributed by atoms with E-state index in [2.05, 4.69) is 0 Å². The Morgan fingerprint density at radius 3 is 1.80 bits per heavy atom. The molecule has 0 saturated heterocycles. The highest BCUT2D eigenvalue weighted by Crippen LogP contribution is 2.22. The normalized spacial score (nSPS) is 17.1.